The summed E-state index contributed by atoms with van der Waals surface area (Å²) in [5.41, 5.74) is 0.991. The van der Waals surface area contributed by atoms with Gasteiger partial charge in [0.15, 0.2) is 0 Å². The van der Waals surface area contributed by atoms with Crippen LogP contribution in [0.25, 0.3) is 0 Å². The van der Waals surface area contributed by atoms with Gasteiger partial charge in [0.25, 0.3) is 0 Å². The van der Waals surface area contributed by atoms with Crippen molar-refractivity contribution in [2.24, 2.45) is 7.05 Å². The number of alkyl halides is 3. The Morgan fingerprint density at radius 1 is 1.33 bits per heavy atom. The highest BCUT2D eigenvalue weighted by atomic mass is 35.5. The summed E-state index contributed by atoms with van der Waals surface area (Å²) in [4.78, 5) is 0. The van der Waals surface area contributed by atoms with Crippen molar-refractivity contribution in [3.05, 3.63) is 46.2 Å². The highest BCUT2D eigenvalue weighted by Gasteiger charge is 2.33. The summed E-state index contributed by atoms with van der Waals surface area (Å²) < 4.78 is 40.6. The van der Waals surface area contributed by atoms with Gasteiger partial charge in [-0.05, 0) is 24.6 Å². The van der Waals surface area contributed by atoms with Crippen molar-refractivity contribution < 1.29 is 13.2 Å². The zero-order valence-electron chi connectivity index (χ0n) is 11.6. The first kappa shape index (κ1) is 15.7. The van der Waals surface area contributed by atoms with Crippen LogP contribution in [-0.2, 0) is 26.2 Å². The van der Waals surface area contributed by atoms with Gasteiger partial charge in [-0.2, -0.15) is 18.3 Å². The summed E-state index contributed by atoms with van der Waals surface area (Å²) in [5.74, 6) is 0. The average molecular weight is 318 g/mol. The lowest BCUT2D eigenvalue weighted by atomic mass is 10.1. The van der Waals surface area contributed by atoms with E-state index in [-0.39, 0.29) is 17.3 Å². The predicted octanol–water partition coefficient (Wildman–Crippen LogP) is 4.27. The Hall–Kier alpha value is -1.69. The van der Waals surface area contributed by atoms with Crippen LogP contribution in [0, 0.1) is 0 Å². The minimum absolute atomic E-state index is 0.0119. The molecule has 0 saturated heterocycles. The number of nitrogens with zero attached hydrogens (tertiary/aromatic N) is 2. The highest BCUT2D eigenvalue weighted by molar-refractivity contribution is 6.30. The third kappa shape index (κ3) is 3.69. The standard InChI is InChI=1S/C14H15ClF3N3/c1-3-12-9(8-21(2)20-12)7-19-13-5-4-10(15)6-11(13)14(16,17)18/h4-6,8,19H,3,7H2,1-2H3. The molecule has 7 heteroatoms. The normalized spacial score (nSPS) is 11.7. The van der Waals surface area contributed by atoms with E-state index in [0.717, 1.165) is 23.7 Å². The summed E-state index contributed by atoms with van der Waals surface area (Å²) in [5, 5.41) is 7.14. The topological polar surface area (TPSA) is 29.9 Å². The number of anilines is 1. The van der Waals surface area contributed by atoms with Crippen molar-refractivity contribution in [3.8, 4) is 0 Å². The molecule has 2 rings (SSSR count). The largest absolute Gasteiger partial charge is 0.418 e. The molecule has 3 nitrogen and oxygen atoms in total. The second kappa shape index (κ2) is 5.97. The van der Waals surface area contributed by atoms with Crippen molar-refractivity contribution in [2.75, 3.05) is 5.32 Å². The van der Waals surface area contributed by atoms with Gasteiger partial charge >= 0.3 is 6.18 Å². The molecule has 0 bridgehead atoms. The summed E-state index contributed by atoms with van der Waals surface area (Å²) in [7, 11) is 1.78. The van der Waals surface area contributed by atoms with Crippen LogP contribution >= 0.6 is 11.6 Å². The van der Waals surface area contributed by atoms with E-state index >= 15 is 0 Å². The van der Waals surface area contributed by atoms with Crippen molar-refractivity contribution in [2.45, 2.75) is 26.1 Å². The van der Waals surface area contributed by atoms with Crippen molar-refractivity contribution in [1.82, 2.24) is 9.78 Å². The SMILES string of the molecule is CCc1nn(C)cc1CNc1ccc(Cl)cc1C(F)(F)F. The molecule has 0 aliphatic carbocycles. The predicted molar refractivity (Wildman–Crippen MR) is 76.4 cm³/mol. The Morgan fingerprint density at radius 2 is 2.05 bits per heavy atom. The lowest BCUT2D eigenvalue weighted by molar-refractivity contribution is -0.136. The smallest absolute Gasteiger partial charge is 0.380 e. The molecule has 114 valence electrons. The highest BCUT2D eigenvalue weighted by Crippen LogP contribution is 2.36. The molecule has 0 unspecified atom stereocenters. The van der Waals surface area contributed by atoms with E-state index in [1.807, 2.05) is 6.92 Å². The molecule has 0 fully saturated rings. The van der Waals surface area contributed by atoms with E-state index < -0.39 is 11.7 Å². The monoisotopic (exact) mass is 317 g/mol. The van der Waals surface area contributed by atoms with Crippen molar-refractivity contribution >= 4 is 17.3 Å². The molecule has 0 aliphatic rings. The molecule has 0 saturated carbocycles. The van der Waals surface area contributed by atoms with Gasteiger partial charge in [0, 0.05) is 36.1 Å². The Labute approximate surface area is 125 Å². The first-order valence-corrected chi connectivity index (χ1v) is 6.81. The van der Waals surface area contributed by atoms with Crippen LogP contribution in [0.4, 0.5) is 18.9 Å². The van der Waals surface area contributed by atoms with Crippen LogP contribution in [0.15, 0.2) is 24.4 Å². The van der Waals surface area contributed by atoms with E-state index in [0.29, 0.717) is 0 Å². The fraction of sp³-hybridized carbons (Fsp3) is 0.357. The lowest BCUT2D eigenvalue weighted by Crippen LogP contribution is -2.11. The van der Waals surface area contributed by atoms with Crippen LogP contribution in [0.5, 0.6) is 0 Å². The number of aryl methyl sites for hydroxylation is 2. The molecule has 1 aromatic heterocycles. The second-order valence-electron chi connectivity index (χ2n) is 4.67. The number of benzene rings is 1. The molecule has 0 spiro atoms. The molecule has 1 N–H and O–H groups in total. The molecule has 0 amide bonds. The third-order valence-electron chi connectivity index (χ3n) is 3.08. The van der Waals surface area contributed by atoms with Gasteiger partial charge in [-0.3, -0.25) is 4.68 Å². The lowest BCUT2D eigenvalue weighted by Gasteiger charge is -2.14. The molecule has 0 aliphatic heterocycles. The molecular weight excluding hydrogens is 303 g/mol. The minimum Gasteiger partial charge on any atom is -0.380 e. The Bertz CT molecular complexity index is 635. The second-order valence-corrected chi connectivity index (χ2v) is 5.11. The van der Waals surface area contributed by atoms with E-state index in [2.05, 4.69) is 10.4 Å². The number of hydrogen-bond donors (Lipinski definition) is 1. The first-order valence-electron chi connectivity index (χ1n) is 6.43. The van der Waals surface area contributed by atoms with Crippen LogP contribution in [0.1, 0.15) is 23.7 Å². The summed E-state index contributed by atoms with van der Waals surface area (Å²) in [6, 6.07) is 3.70. The molecule has 1 aromatic carbocycles. The van der Waals surface area contributed by atoms with E-state index in [4.69, 9.17) is 11.6 Å². The van der Waals surface area contributed by atoms with Gasteiger partial charge in [0.2, 0.25) is 0 Å². The van der Waals surface area contributed by atoms with Gasteiger partial charge in [-0.1, -0.05) is 18.5 Å². The van der Waals surface area contributed by atoms with Crippen LogP contribution in [0.3, 0.4) is 0 Å². The van der Waals surface area contributed by atoms with E-state index in [1.54, 1.807) is 17.9 Å². The van der Waals surface area contributed by atoms with E-state index in [1.165, 1.54) is 12.1 Å². The molecule has 2 aromatic rings. The minimum atomic E-state index is -4.45. The zero-order chi connectivity index (χ0) is 15.6. The number of halogens is 4. The van der Waals surface area contributed by atoms with Gasteiger partial charge in [0.1, 0.15) is 0 Å². The van der Waals surface area contributed by atoms with Gasteiger partial charge in [-0.15, -0.1) is 0 Å². The number of hydrogen-bond acceptors (Lipinski definition) is 2. The summed E-state index contributed by atoms with van der Waals surface area (Å²) >= 11 is 5.65. The Kier molecular flexibility index (Phi) is 4.46. The average Bonchev–Trinajstić information content (AvgIpc) is 2.76. The molecular formula is C14H15ClF3N3. The van der Waals surface area contributed by atoms with Gasteiger partial charge < -0.3 is 5.32 Å². The van der Waals surface area contributed by atoms with Crippen LogP contribution < -0.4 is 5.32 Å². The van der Waals surface area contributed by atoms with E-state index in [9.17, 15) is 13.2 Å². The molecule has 0 radical (unpaired) electrons. The molecule has 21 heavy (non-hydrogen) atoms. The summed E-state index contributed by atoms with van der Waals surface area (Å²) in [6.45, 7) is 2.23. The maximum Gasteiger partial charge on any atom is 0.418 e. The molecule has 1 heterocycles. The quantitative estimate of drug-likeness (QED) is 0.912. The number of rotatable bonds is 4. The maximum absolute atomic E-state index is 13.0. The maximum atomic E-state index is 13.0. The van der Waals surface area contributed by atoms with Crippen LogP contribution in [-0.4, -0.2) is 9.78 Å². The Balaban J connectivity index is 2.24. The molecule has 0 atom stereocenters. The van der Waals surface area contributed by atoms with Gasteiger partial charge in [-0.25, -0.2) is 0 Å². The van der Waals surface area contributed by atoms with Crippen LogP contribution in [0.2, 0.25) is 5.02 Å². The fourth-order valence-electron chi connectivity index (χ4n) is 2.12. The fourth-order valence-corrected chi connectivity index (χ4v) is 2.30. The van der Waals surface area contributed by atoms with Crippen molar-refractivity contribution in [3.63, 3.8) is 0 Å². The van der Waals surface area contributed by atoms with Crippen molar-refractivity contribution in [1.29, 1.82) is 0 Å². The third-order valence-corrected chi connectivity index (χ3v) is 3.32. The summed E-state index contributed by atoms with van der Waals surface area (Å²) in [6.07, 6.45) is -1.92. The zero-order valence-corrected chi connectivity index (χ0v) is 12.4. The first-order chi connectivity index (χ1) is 9.81. The van der Waals surface area contributed by atoms with Gasteiger partial charge in [0.05, 0.1) is 11.3 Å². The Morgan fingerprint density at radius 3 is 2.67 bits per heavy atom. The number of nitrogens with one attached hydrogen (secondary N) is 1. The number of aromatic nitrogens is 2.